The third-order valence-corrected chi connectivity index (χ3v) is 5.93. The van der Waals surface area contributed by atoms with Crippen LogP contribution in [0.4, 0.5) is 0 Å². The van der Waals surface area contributed by atoms with Crippen LogP contribution in [0.1, 0.15) is 66.5 Å². The molecule has 142 valence electrons. The summed E-state index contributed by atoms with van der Waals surface area (Å²) in [5.41, 5.74) is 10.1. The first-order valence-electron chi connectivity index (χ1n) is 10.4. The molecule has 0 saturated carbocycles. The zero-order valence-electron chi connectivity index (χ0n) is 17.5. The molecule has 0 amide bonds. The highest BCUT2D eigenvalue weighted by Gasteiger charge is 2.26. The number of benzene rings is 3. The molecule has 0 spiro atoms. The van der Waals surface area contributed by atoms with Crippen LogP contribution in [0.15, 0.2) is 72.8 Å². The highest BCUT2D eigenvalue weighted by molar-refractivity contribution is 5.91. The maximum absolute atomic E-state index is 2.40. The van der Waals surface area contributed by atoms with Crippen molar-refractivity contribution in [2.75, 3.05) is 0 Å². The lowest BCUT2D eigenvalue weighted by atomic mass is 9.83. The molecule has 0 heteroatoms. The van der Waals surface area contributed by atoms with E-state index in [1.807, 2.05) is 0 Å². The van der Waals surface area contributed by atoms with Crippen molar-refractivity contribution in [3.05, 3.63) is 106 Å². The number of aryl methyl sites for hydroxylation is 2. The molecule has 1 unspecified atom stereocenters. The zero-order valence-corrected chi connectivity index (χ0v) is 17.5. The molecule has 0 nitrogen and oxygen atoms in total. The first-order valence-corrected chi connectivity index (χ1v) is 10.4. The molecule has 28 heavy (non-hydrogen) atoms. The Morgan fingerprint density at radius 3 is 2.36 bits per heavy atom. The summed E-state index contributed by atoms with van der Waals surface area (Å²) in [6, 6.07) is 27.0. The average molecular weight is 367 g/mol. The summed E-state index contributed by atoms with van der Waals surface area (Å²) in [5.74, 6) is 0.468. The van der Waals surface area contributed by atoms with Gasteiger partial charge in [0.1, 0.15) is 0 Å². The van der Waals surface area contributed by atoms with Gasteiger partial charge in [-0.2, -0.15) is 0 Å². The fourth-order valence-electron chi connectivity index (χ4n) is 4.29. The number of hydrogen-bond acceptors (Lipinski definition) is 0. The van der Waals surface area contributed by atoms with Crippen LogP contribution in [-0.4, -0.2) is 0 Å². The molecular weight excluding hydrogens is 336 g/mol. The van der Waals surface area contributed by atoms with E-state index in [2.05, 4.69) is 107 Å². The molecule has 0 N–H and O–H groups in total. The number of allylic oxidation sites excluding steroid dienone is 1. The Balaban J connectivity index is 1.63. The minimum Gasteiger partial charge on any atom is -0.0622 e. The summed E-state index contributed by atoms with van der Waals surface area (Å²) in [5, 5.41) is 0. The standard InChI is InChI=1S/C28H30/c1-20-13-15-23-19-27(22-10-6-5-7-11-22)25(26(23)17-20)16-14-21-9-8-12-24(18-21)28(2,3)4/h5-13,15,17-19,25H,14,16H2,1-4H3. The van der Waals surface area contributed by atoms with Crippen LogP contribution >= 0.6 is 0 Å². The Kier molecular flexibility index (Phi) is 4.98. The van der Waals surface area contributed by atoms with Gasteiger partial charge in [-0.3, -0.25) is 0 Å². The van der Waals surface area contributed by atoms with Gasteiger partial charge in [0.05, 0.1) is 0 Å². The topological polar surface area (TPSA) is 0 Å². The van der Waals surface area contributed by atoms with Crippen molar-refractivity contribution in [1.29, 1.82) is 0 Å². The van der Waals surface area contributed by atoms with Crippen molar-refractivity contribution in [1.82, 2.24) is 0 Å². The lowest BCUT2D eigenvalue weighted by molar-refractivity contribution is 0.588. The Bertz CT molecular complexity index is 1000. The second kappa shape index (κ2) is 7.43. The smallest absolute Gasteiger partial charge is 0.0105 e. The largest absolute Gasteiger partial charge is 0.0622 e. The maximum Gasteiger partial charge on any atom is 0.0105 e. The SMILES string of the molecule is Cc1ccc2c(c1)C(CCc1cccc(C(C)(C)C)c1)C(c1ccccc1)=C2. The van der Waals surface area contributed by atoms with E-state index in [-0.39, 0.29) is 5.41 Å². The minimum atomic E-state index is 0.197. The van der Waals surface area contributed by atoms with Gasteiger partial charge in [0.15, 0.2) is 0 Å². The Morgan fingerprint density at radius 2 is 1.61 bits per heavy atom. The average Bonchev–Trinajstić information content (AvgIpc) is 3.04. The fourth-order valence-corrected chi connectivity index (χ4v) is 4.29. The van der Waals surface area contributed by atoms with Gasteiger partial charge < -0.3 is 0 Å². The molecule has 3 aromatic carbocycles. The maximum atomic E-state index is 2.40. The Hall–Kier alpha value is -2.60. The van der Waals surface area contributed by atoms with Gasteiger partial charge in [-0.1, -0.05) is 105 Å². The molecule has 1 atom stereocenters. The van der Waals surface area contributed by atoms with E-state index in [9.17, 15) is 0 Å². The van der Waals surface area contributed by atoms with Crippen molar-refractivity contribution in [3.8, 4) is 0 Å². The van der Waals surface area contributed by atoms with Gasteiger partial charge in [0, 0.05) is 5.92 Å². The van der Waals surface area contributed by atoms with Crippen LogP contribution in [0.3, 0.4) is 0 Å². The summed E-state index contributed by atoms with van der Waals surface area (Å²) in [6.45, 7) is 9.07. The van der Waals surface area contributed by atoms with Crippen molar-refractivity contribution in [2.45, 2.75) is 51.9 Å². The van der Waals surface area contributed by atoms with Gasteiger partial charge in [-0.15, -0.1) is 0 Å². The van der Waals surface area contributed by atoms with Crippen LogP contribution in [0.2, 0.25) is 0 Å². The van der Waals surface area contributed by atoms with Crippen LogP contribution in [0, 0.1) is 6.92 Å². The normalized spacial score (nSPS) is 16.0. The van der Waals surface area contributed by atoms with E-state index in [0.29, 0.717) is 5.92 Å². The van der Waals surface area contributed by atoms with Crippen LogP contribution < -0.4 is 0 Å². The van der Waals surface area contributed by atoms with Crippen LogP contribution in [0.5, 0.6) is 0 Å². The van der Waals surface area contributed by atoms with E-state index >= 15 is 0 Å². The highest BCUT2D eigenvalue weighted by atomic mass is 14.3. The minimum absolute atomic E-state index is 0.197. The van der Waals surface area contributed by atoms with E-state index in [1.165, 1.54) is 39.0 Å². The third kappa shape index (κ3) is 3.83. The molecule has 4 rings (SSSR count). The summed E-state index contributed by atoms with van der Waals surface area (Å²) in [4.78, 5) is 0. The van der Waals surface area contributed by atoms with E-state index in [4.69, 9.17) is 0 Å². The predicted molar refractivity (Wildman–Crippen MR) is 122 cm³/mol. The summed E-state index contributed by atoms with van der Waals surface area (Å²) in [7, 11) is 0. The van der Waals surface area contributed by atoms with Crippen molar-refractivity contribution in [3.63, 3.8) is 0 Å². The monoisotopic (exact) mass is 366 g/mol. The highest BCUT2D eigenvalue weighted by Crippen LogP contribution is 2.44. The molecule has 1 aliphatic carbocycles. The molecule has 0 saturated heterocycles. The van der Waals surface area contributed by atoms with E-state index in [0.717, 1.165) is 12.8 Å². The Morgan fingerprint density at radius 1 is 0.821 bits per heavy atom. The molecule has 3 aromatic rings. The van der Waals surface area contributed by atoms with Gasteiger partial charge in [0.25, 0.3) is 0 Å². The van der Waals surface area contributed by atoms with Gasteiger partial charge >= 0.3 is 0 Å². The zero-order chi connectivity index (χ0) is 19.7. The quantitative estimate of drug-likeness (QED) is 0.447. The summed E-state index contributed by atoms with van der Waals surface area (Å²) >= 11 is 0. The molecule has 0 bridgehead atoms. The van der Waals surface area contributed by atoms with Gasteiger partial charge in [0.2, 0.25) is 0 Å². The summed E-state index contributed by atoms with van der Waals surface area (Å²) in [6.07, 6.45) is 4.65. The lowest BCUT2D eigenvalue weighted by Crippen LogP contribution is -2.11. The second-order valence-electron chi connectivity index (χ2n) is 9.14. The lowest BCUT2D eigenvalue weighted by Gasteiger charge is -2.21. The molecule has 0 heterocycles. The molecule has 1 aliphatic rings. The van der Waals surface area contributed by atoms with Gasteiger partial charge in [-0.25, -0.2) is 0 Å². The molecule has 0 aromatic heterocycles. The first kappa shape index (κ1) is 18.7. The predicted octanol–water partition coefficient (Wildman–Crippen LogP) is 7.56. The number of rotatable bonds is 4. The van der Waals surface area contributed by atoms with Crippen LogP contribution in [0.25, 0.3) is 11.6 Å². The Labute approximate surface area is 169 Å². The number of hydrogen-bond donors (Lipinski definition) is 0. The van der Waals surface area contributed by atoms with Crippen molar-refractivity contribution in [2.24, 2.45) is 0 Å². The second-order valence-corrected chi connectivity index (χ2v) is 9.14. The molecule has 0 radical (unpaired) electrons. The number of fused-ring (bicyclic) bond motifs is 1. The van der Waals surface area contributed by atoms with Crippen molar-refractivity contribution < 1.29 is 0 Å². The molecular formula is C28H30. The third-order valence-electron chi connectivity index (χ3n) is 5.93. The van der Waals surface area contributed by atoms with E-state index in [1.54, 1.807) is 0 Å². The van der Waals surface area contributed by atoms with E-state index < -0.39 is 0 Å². The first-order chi connectivity index (χ1) is 13.4. The van der Waals surface area contributed by atoms with Gasteiger partial charge in [-0.05, 0) is 58.6 Å². The van der Waals surface area contributed by atoms with Crippen molar-refractivity contribution >= 4 is 11.6 Å². The molecule has 0 aliphatic heterocycles. The molecule has 0 fully saturated rings. The van der Waals surface area contributed by atoms with Crippen LogP contribution in [-0.2, 0) is 11.8 Å². The fraction of sp³-hybridized carbons (Fsp3) is 0.286. The summed E-state index contributed by atoms with van der Waals surface area (Å²) < 4.78 is 0.